The van der Waals surface area contributed by atoms with E-state index in [1.165, 1.54) is 10.8 Å². The van der Waals surface area contributed by atoms with Crippen LogP contribution < -0.4 is 0 Å². The molecular formula is C18H13NO. The minimum absolute atomic E-state index is 0.289. The summed E-state index contributed by atoms with van der Waals surface area (Å²) < 4.78 is 0. The molecule has 96 valence electrons. The van der Waals surface area contributed by atoms with Gasteiger partial charge in [0.15, 0.2) is 0 Å². The van der Waals surface area contributed by atoms with E-state index in [1.54, 1.807) is 12.1 Å². The summed E-state index contributed by atoms with van der Waals surface area (Å²) in [5, 5.41) is 11.9. The molecule has 1 heterocycles. The second-order valence-electron chi connectivity index (χ2n) is 4.95. The van der Waals surface area contributed by atoms with Gasteiger partial charge in [-0.05, 0) is 23.8 Å². The molecule has 0 aliphatic carbocycles. The summed E-state index contributed by atoms with van der Waals surface area (Å²) in [7, 11) is 0. The predicted octanol–water partition coefficient (Wildman–Crippen LogP) is 4.69. The first kappa shape index (κ1) is 11.1. The average molecular weight is 259 g/mol. The highest BCUT2D eigenvalue weighted by Crippen LogP contribution is 2.33. The van der Waals surface area contributed by atoms with Gasteiger partial charge in [0.2, 0.25) is 0 Å². The Labute approximate surface area is 116 Å². The number of hydrogen-bond donors (Lipinski definition) is 2. The first-order valence-electron chi connectivity index (χ1n) is 6.62. The molecule has 1 aromatic heterocycles. The Bertz CT molecular complexity index is 904. The molecule has 4 rings (SSSR count). The Kier molecular flexibility index (Phi) is 2.30. The molecule has 4 aromatic rings. The van der Waals surface area contributed by atoms with Gasteiger partial charge in [-0.2, -0.15) is 0 Å². The number of aromatic amines is 1. The van der Waals surface area contributed by atoms with Crippen molar-refractivity contribution >= 4 is 21.8 Å². The molecule has 0 amide bonds. The summed E-state index contributed by atoms with van der Waals surface area (Å²) in [6, 6.07) is 22.0. The standard InChI is InChI=1S/C18H13NO/c20-13-10-8-12(9-11-13)14-5-3-6-16-15-4-1-2-7-17(15)19-18(14)16/h1-11,19-20H. The van der Waals surface area contributed by atoms with Crippen molar-refractivity contribution in [3.63, 3.8) is 0 Å². The Morgan fingerprint density at radius 3 is 2.30 bits per heavy atom. The van der Waals surface area contributed by atoms with Crippen molar-refractivity contribution in [1.29, 1.82) is 0 Å². The Balaban J connectivity index is 2.07. The van der Waals surface area contributed by atoms with Crippen LogP contribution >= 0.6 is 0 Å². The summed E-state index contributed by atoms with van der Waals surface area (Å²) in [5.41, 5.74) is 4.53. The quantitative estimate of drug-likeness (QED) is 0.511. The molecular weight excluding hydrogens is 246 g/mol. The lowest BCUT2D eigenvalue weighted by molar-refractivity contribution is 0.475. The number of hydrogen-bond acceptors (Lipinski definition) is 1. The monoisotopic (exact) mass is 259 g/mol. The Morgan fingerprint density at radius 2 is 1.45 bits per heavy atom. The molecule has 0 aliphatic heterocycles. The van der Waals surface area contributed by atoms with E-state index in [2.05, 4.69) is 41.4 Å². The maximum Gasteiger partial charge on any atom is 0.115 e. The molecule has 0 aliphatic rings. The van der Waals surface area contributed by atoms with Gasteiger partial charge in [-0.1, -0.05) is 48.5 Å². The lowest BCUT2D eigenvalue weighted by Crippen LogP contribution is -1.79. The van der Waals surface area contributed by atoms with Crippen molar-refractivity contribution in [1.82, 2.24) is 4.98 Å². The van der Waals surface area contributed by atoms with Gasteiger partial charge in [-0.25, -0.2) is 0 Å². The fourth-order valence-corrected chi connectivity index (χ4v) is 2.75. The molecule has 0 saturated carbocycles. The third-order valence-electron chi connectivity index (χ3n) is 3.72. The van der Waals surface area contributed by atoms with Gasteiger partial charge in [0, 0.05) is 21.9 Å². The van der Waals surface area contributed by atoms with E-state index in [-0.39, 0.29) is 5.75 Å². The topological polar surface area (TPSA) is 36.0 Å². The van der Waals surface area contributed by atoms with Crippen LogP contribution in [0.25, 0.3) is 32.9 Å². The number of aromatic nitrogens is 1. The van der Waals surface area contributed by atoms with E-state index in [1.807, 2.05) is 18.2 Å². The van der Waals surface area contributed by atoms with Crippen LogP contribution in [0.3, 0.4) is 0 Å². The number of rotatable bonds is 1. The SMILES string of the molecule is Oc1ccc(-c2cccc3c2[nH]c2ccccc23)cc1. The number of H-pyrrole nitrogens is 1. The van der Waals surface area contributed by atoms with Gasteiger partial charge < -0.3 is 10.1 Å². The van der Waals surface area contributed by atoms with Crippen molar-refractivity contribution in [3.8, 4) is 16.9 Å². The average Bonchev–Trinajstić information content (AvgIpc) is 2.87. The molecule has 2 heteroatoms. The van der Waals surface area contributed by atoms with E-state index >= 15 is 0 Å². The molecule has 0 saturated heterocycles. The van der Waals surface area contributed by atoms with Gasteiger partial charge in [-0.3, -0.25) is 0 Å². The molecule has 3 aromatic carbocycles. The van der Waals surface area contributed by atoms with Crippen LogP contribution in [0.15, 0.2) is 66.7 Å². The molecule has 0 bridgehead atoms. The van der Waals surface area contributed by atoms with E-state index in [0.29, 0.717) is 0 Å². The highest BCUT2D eigenvalue weighted by molar-refractivity contribution is 6.11. The van der Waals surface area contributed by atoms with Gasteiger partial charge in [0.25, 0.3) is 0 Å². The fraction of sp³-hybridized carbons (Fsp3) is 0. The molecule has 0 spiro atoms. The third-order valence-corrected chi connectivity index (χ3v) is 3.72. The molecule has 2 N–H and O–H groups in total. The van der Waals surface area contributed by atoms with Crippen LogP contribution in [0.1, 0.15) is 0 Å². The van der Waals surface area contributed by atoms with Crippen LogP contribution in [0.4, 0.5) is 0 Å². The number of aromatic hydroxyl groups is 1. The van der Waals surface area contributed by atoms with Crippen molar-refractivity contribution in [2.24, 2.45) is 0 Å². The molecule has 0 unspecified atom stereocenters. The number of benzene rings is 3. The number of fused-ring (bicyclic) bond motifs is 3. The van der Waals surface area contributed by atoms with Gasteiger partial charge >= 0.3 is 0 Å². The molecule has 0 fully saturated rings. The Morgan fingerprint density at radius 1 is 0.700 bits per heavy atom. The lowest BCUT2D eigenvalue weighted by Gasteiger charge is -2.03. The van der Waals surface area contributed by atoms with Crippen LogP contribution in [0.2, 0.25) is 0 Å². The molecule has 20 heavy (non-hydrogen) atoms. The minimum atomic E-state index is 0.289. The van der Waals surface area contributed by atoms with E-state index in [4.69, 9.17) is 0 Å². The zero-order valence-corrected chi connectivity index (χ0v) is 10.8. The van der Waals surface area contributed by atoms with Crippen molar-refractivity contribution in [2.45, 2.75) is 0 Å². The van der Waals surface area contributed by atoms with Crippen LogP contribution in [0.5, 0.6) is 5.75 Å². The lowest BCUT2D eigenvalue weighted by atomic mass is 10.0. The molecule has 2 nitrogen and oxygen atoms in total. The zero-order valence-electron chi connectivity index (χ0n) is 10.8. The number of nitrogens with one attached hydrogen (secondary N) is 1. The van der Waals surface area contributed by atoms with E-state index in [9.17, 15) is 5.11 Å². The highest BCUT2D eigenvalue weighted by Gasteiger charge is 2.08. The summed E-state index contributed by atoms with van der Waals surface area (Å²) >= 11 is 0. The van der Waals surface area contributed by atoms with Gasteiger partial charge in [-0.15, -0.1) is 0 Å². The second kappa shape index (κ2) is 4.14. The minimum Gasteiger partial charge on any atom is -0.508 e. The van der Waals surface area contributed by atoms with Crippen LogP contribution in [-0.4, -0.2) is 10.1 Å². The van der Waals surface area contributed by atoms with Gasteiger partial charge in [0.05, 0.1) is 5.52 Å². The largest absolute Gasteiger partial charge is 0.508 e. The summed E-state index contributed by atoms with van der Waals surface area (Å²) in [5.74, 6) is 0.289. The fourth-order valence-electron chi connectivity index (χ4n) is 2.75. The highest BCUT2D eigenvalue weighted by atomic mass is 16.3. The van der Waals surface area contributed by atoms with E-state index < -0.39 is 0 Å². The Hall–Kier alpha value is -2.74. The summed E-state index contributed by atoms with van der Waals surface area (Å²) in [6.45, 7) is 0. The van der Waals surface area contributed by atoms with Gasteiger partial charge in [0.1, 0.15) is 5.75 Å². The third kappa shape index (κ3) is 1.58. The van der Waals surface area contributed by atoms with E-state index in [0.717, 1.165) is 22.2 Å². The summed E-state index contributed by atoms with van der Waals surface area (Å²) in [6.07, 6.45) is 0. The first-order chi connectivity index (χ1) is 9.83. The normalized spacial score (nSPS) is 11.2. The van der Waals surface area contributed by atoms with Crippen molar-refractivity contribution in [3.05, 3.63) is 66.7 Å². The second-order valence-corrected chi connectivity index (χ2v) is 4.95. The smallest absolute Gasteiger partial charge is 0.115 e. The maximum atomic E-state index is 9.42. The number of phenolic OH excluding ortho intramolecular Hbond substituents is 1. The van der Waals surface area contributed by atoms with Crippen LogP contribution in [0, 0.1) is 0 Å². The molecule has 0 radical (unpaired) electrons. The number of para-hydroxylation sites is 2. The predicted molar refractivity (Wildman–Crippen MR) is 82.9 cm³/mol. The molecule has 0 atom stereocenters. The first-order valence-corrected chi connectivity index (χ1v) is 6.62. The van der Waals surface area contributed by atoms with Crippen LogP contribution in [-0.2, 0) is 0 Å². The van der Waals surface area contributed by atoms with Crippen molar-refractivity contribution < 1.29 is 5.11 Å². The summed E-state index contributed by atoms with van der Waals surface area (Å²) in [4.78, 5) is 3.50. The van der Waals surface area contributed by atoms with Crippen molar-refractivity contribution in [2.75, 3.05) is 0 Å². The zero-order chi connectivity index (χ0) is 13.5. The number of phenols is 1. The maximum absolute atomic E-state index is 9.42.